The Morgan fingerprint density at radius 1 is 1.67 bits per heavy atom. The Kier molecular flexibility index (Phi) is 1.79. The Labute approximate surface area is 57.1 Å². The Morgan fingerprint density at radius 3 is 2.56 bits per heavy atom. The van der Waals surface area contributed by atoms with E-state index in [-0.39, 0.29) is 0 Å². The fourth-order valence-electron chi connectivity index (χ4n) is 1.21. The molecule has 1 saturated heterocycles. The van der Waals surface area contributed by atoms with Crippen molar-refractivity contribution in [3.05, 3.63) is 12.3 Å². The van der Waals surface area contributed by atoms with Crippen molar-refractivity contribution in [2.45, 2.75) is 20.3 Å². The van der Waals surface area contributed by atoms with E-state index < -0.39 is 0 Å². The van der Waals surface area contributed by atoms with Crippen LogP contribution >= 0.6 is 0 Å². The van der Waals surface area contributed by atoms with Gasteiger partial charge in [-0.05, 0) is 18.3 Å². The van der Waals surface area contributed by atoms with Gasteiger partial charge in [-0.25, -0.2) is 0 Å². The van der Waals surface area contributed by atoms with Gasteiger partial charge in [-0.2, -0.15) is 0 Å². The zero-order chi connectivity index (χ0) is 6.85. The number of hydrogen-bond donors (Lipinski definition) is 1. The zero-order valence-electron chi connectivity index (χ0n) is 6.28. The molecule has 0 aliphatic carbocycles. The summed E-state index contributed by atoms with van der Waals surface area (Å²) >= 11 is 0. The van der Waals surface area contributed by atoms with Gasteiger partial charge in [0, 0.05) is 12.2 Å². The third-order valence-electron chi connectivity index (χ3n) is 2.07. The molecular formula is C8H15N. The van der Waals surface area contributed by atoms with Crippen molar-refractivity contribution >= 4 is 0 Å². The first-order chi connectivity index (χ1) is 4.20. The summed E-state index contributed by atoms with van der Waals surface area (Å²) in [5, 5.41) is 3.26. The minimum Gasteiger partial charge on any atom is -0.389 e. The molecule has 0 bridgehead atoms. The highest BCUT2D eigenvalue weighted by atomic mass is 14.9. The van der Waals surface area contributed by atoms with Gasteiger partial charge in [0.05, 0.1) is 0 Å². The second-order valence-electron chi connectivity index (χ2n) is 3.19. The van der Waals surface area contributed by atoms with Crippen molar-refractivity contribution in [3.63, 3.8) is 0 Å². The van der Waals surface area contributed by atoms with Gasteiger partial charge in [0.25, 0.3) is 0 Å². The van der Waals surface area contributed by atoms with Gasteiger partial charge < -0.3 is 5.32 Å². The zero-order valence-corrected chi connectivity index (χ0v) is 6.28. The van der Waals surface area contributed by atoms with Gasteiger partial charge in [-0.1, -0.05) is 20.4 Å². The van der Waals surface area contributed by atoms with E-state index in [0.29, 0.717) is 0 Å². The van der Waals surface area contributed by atoms with Crippen LogP contribution in [0.1, 0.15) is 20.3 Å². The van der Waals surface area contributed by atoms with E-state index in [2.05, 4.69) is 25.7 Å². The lowest BCUT2D eigenvalue weighted by Gasteiger charge is -2.10. The van der Waals surface area contributed by atoms with E-state index in [4.69, 9.17) is 0 Å². The molecule has 1 aliphatic rings. The maximum Gasteiger partial charge on any atom is 0.0178 e. The largest absolute Gasteiger partial charge is 0.389 e. The lowest BCUT2D eigenvalue weighted by molar-refractivity contribution is 0.422. The smallest absolute Gasteiger partial charge is 0.0178 e. The van der Waals surface area contributed by atoms with Gasteiger partial charge in [-0.3, -0.25) is 0 Å². The molecule has 0 spiro atoms. The highest BCUT2D eigenvalue weighted by Crippen LogP contribution is 2.22. The molecule has 0 aromatic carbocycles. The molecule has 1 heterocycles. The van der Waals surface area contributed by atoms with Crippen LogP contribution in [0, 0.1) is 11.8 Å². The first-order valence-electron chi connectivity index (χ1n) is 3.62. The fraction of sp³-hybridized carbons (Fsp3) is 0.750. The molecule has 52 valence electrons. The average Bonchev–Trinajstić information content (AvgIpc) is 2.14. The Bertz CT molecular complexity index is 116. The first-order valence-corrected chi connectivity index (χ1v) is 3.62. The van der Waals surface area contributed by atoms with E-state index >= 15 is 0 Å². The topological polar surface area (TPSA) is 12.0 Å². The quantitative estimate of drug-likeness (QED) is 0.563. The van der Waals surface area contributed by atoms with Crippen LogP contribution in [0.15, 0.2) is 12.3 Å². The van der Waals surface area contributed by atoms with Crippen LogP contribution < -0.4 is 5.32 Å². The Balaban J connectivity index is 2.39. The van der Waals surface area contributed by atoms with E-state index in [1.54, 1.807) is 0 Å². The van der Waals surface area contributed by atoms with E-state index in [0.717, 1.165) is 18.4 Å². The lowest BCUT2D eigenvalue weighted by Crippen LogP contribution is -2.12. The van der Waals surface area contributed by atoms with Crippen LogP contribution in [-0.2, 0) is 0 Å². The van der Waals surface area contributed by atoms with Crippen molar-refractivity contribution in [1.29, 1.82) is 0 Å². The van der Waals surface area contributed by atoms with Crippen LogP contribution in [0.25, 0.3) is 0 Å². The van der Waals surface area contributed by atoms with Crippen molar-refractivity contribution in [3.8, 4) is 0 Å². The van der Waals surface area contributed by atoms with Gasteiger partial charge in [-0.15, -0.1) is 0 Å². The summed E-state index contributed by atoms with van der Waals surface area (Å²) in [6, 6.07) is 0. The Hall–Kier alpha value is -0.460. The van der Waals surface area contributed by atoms with Crippen molar-refractivity contribution < 1.29 is 0 Å². The summed E-state index contributed by atoms with van der Waals surface area (Å²) in [5.41, 5.74) is 1.22. The maximum atomic E-state index is 3.88. The predicted molar refractivity (Wildman–Crippen MR) is 40.1 cm³/mol. The number of allylic oxidation sites excluding steroid dienone is 1. The van der Waals surface area contributed by atoms with E-state index in [1.165, 1.54) is 12.1 Å². The van der Waals surface area contributed by atoms with Gasteiger partial charge >= 0.3 is 0 Å². The van der Waals surface area contributed by atoms with Crippen LogP contribution in [0.5, 0.6) is 0 Å². The van der Waals surface area contributed by atoms with Gasteiger partial charge in [0.2, 0.25) is 0 Å². The van der Waals surface area contributed by atoms with Gasteiger partial charge in [0.15, 0.2) is 0 Å². The summed E-state index contributed by atoms with van der Waals surface area (Å²) in [6.45, 7) is 9.55. The fourth-order valence-corrected chi connectivity index (χ4v) is 1.21. The molecule has 1 N–H and O–H groups in total. The van der Waals surface area contributed by atoms with Crippen LogP contribution in [-0.4, -0.2) is 6.54 Å². The van der Waals surface area contributed by atoms with Crippen molar-refractivity contribution in [2.24, 2.45) is 11.8 Å². The highest BCUT2D eigenvalue weighted by Gasteiger charge is 2.19. The predicted octanol–water partition coefficient (Wildman–Crippen LogP) is 1.77. The molecule has 9 heavy (non-hydrogen) atoms. The summed E-state index contributed by atoms with van der Waals surface area (Å²) < 4.78 is 0. The minimum atomic E-state index is 0.803. The molecule has 0 amide bonds. The normalized spacial score (nSPS) is 27.0. The highest BCUT2D eigenvalue weighted by molar-refractivity contribution is 5.00. The molecule has 0 saturated carbocycles. The summed E-state index contributed by atoms with van der Waals surface area (Å²) in [6.07, 6.45) is 1.18. The molecule has 0 aromatic heterocycles. The molecular weight excluding hydrogens is 110 g/mol. The standard InChI is InChI=1S/C8H15N/c1-6(2)8-4-7(3)9-5-8/h6,8-9H,3-5H2,1-2H3/t8-/m1/s1. The van der Waals surface area contributed by atoms with Crippen molar-refractivity contribution in [2.75, 3.05) is 6.54 Å². The lowest BCUT2D eigenvalue weighted by atomic mass is 9.95. The maximum absolute atomic E-state index is 3.88. The second kappa shape index (κ2) is 2.42. The molecule has 0 radical (unpaired) electrons. The SMILES string of the molecule is C=C1C[C@@H](C(C)C)CN1. The molecule has 1 atom stereocenters. The number of rotatable bonds is 1. The third kappa shape index (κ3) is 1.47. The Morgan fingerprint density at radius 2 is 2.33 bits per heavy atom. The van der Waals surface area contributed by atoms with Crippen LogP contribution in [0.3, 0.4) is 0 Å². The van der Waals surface area contributed by atoms with E-state index in [1.807, 2.05) is 0 Å². The first kappa shape index (κ1) is 6.66. The molecule has 0 aromatic rings. The molecule has 1 rings (SSSR count). The van der Waals surface area contributed by atoms with E-state index in [9.17, 15) is 0 Å². The van der Waals surface area contributed by atoms with Gasteiger partial charge in [0.1, 0.15) is 0 Å². The third-order valence-corrected chi connectivity index (χ3v) is 2.07. The second-order valence-corrected chi connectivity index (χ2v) is 3.19. The van der Waals surface area contributed by atoms with Crippen LogP contribution in [0.4, 0.5) is 0 Å². The monoisotopic (exact) mass is 125 g/mol. The van der Waals surface area contributed by atoms with Crippen molar-refractivity contribution in [1.82, 2.24) is 5.32 Å². The molecule has 1 heteroatoms. The average molecular weight is 125 g/mol. The minimum absolute atomic E-state index is 0.803. The molecule has 1 fully saturated rings. The molecule has 1 aliphatic heterocycles. The summed E-state index contributed by atoms with van der Waals surface area (Å²) in [5.74, 6) is 1.63. The summed E-state index contributed by atoms with van der Waals surface area (Å²) in [7, 11) is 0. The number of hydrogen-bond acceptors (Lipinski definition) is 1. The number of nitrogens with one attached hydrogen (secondary N) is 1. The molecule has 1 nitrogen and oxygen atoms in total. The molecule has 0 unspecified atom stereocenters. The van der Waals surface area contributed by atoms with Crippen LogP contribution in [0.2, 0.25) is 0 Å². The summed E-state index contributed by atoms with van der Waals surface area (Å²) in [4.78, 5) is 0.